The van der Waals surface area contributed by atoms with Crippen molar-refractivity contribution in [3.63, 3.8) is 0 Å². The Morgan fingerprint density at radius 2 is 1.23 bits per heavy atom. The molecule has 0 spiro atoms. The normalized spacial score (nSPS) is 19.1. The summed E-state index contributed by atoms with van der Waals surface area (Å²) in [5, 5.41) is 0. The van der Waals surface area contributed by atoms with Crippen LogP contribution in [0.5, 0.6) is 0 Å². The number of pyridine rings is 1. The fourth-order valence-corrected chi connectivity index (χ4v) is 4.69. The van der Waals surface area contributed by atoms with Gasteiger partial charge in [-0.2, -0.15) is 0 Å². The molecule has 5 rings (SSSR count). The average Bonchev–Trinajstić information content (AvgIpc) is 3.25. The molecule has 30 heavy (non-hydrogen) atoms. The second kappa shape index (κ2) is 8.64. The van der Waals surface area contributed by atoms with Crippen molar-refractivity contribution in [3.8, 4) is 11.1 Å². The Bertz CT molecular complexity index is 1060. The lowest BCUT2D eigenvalue weighted by Gasteiger charge is -2.19. The summed E-state index contributed by atoms with van der Waals surface area (Å²) >= 11 is 0. The van der Waals surface area contributed by atoms with E-state index < -0.39 is 0 Å². The Labute approximate surface area is 178 Å². The molecule has 4 aromatic rings. The molecular formula is C28H26N2. The smallest absolute Gasteiger partial charge is 0.0312 e. The molecule has 2 heterocycles. The van der Waals surface area contributed by atoms with Crippen molar-refractivity contribution in [1.82, 2.24) is 9.88 Å². The Morgan fingerprint density at radius 3 is 1.87 bits per heavy atom. The number of likely N-dealkylation sites (tertiary alicyclic amines) is 1. The summed E-state index contributed by atoms with van der Waals surface area (Å²) in [6.07, 6.45) is 3.83. The molecule has 1 fully saturated rings. The minimum absolute atomic E-state index is 0.494. The molecule has 0 saturated carbocycles. The van der Waals surface area contributed by atoms with Gasteiger partial charge in [0.05, 0.1) is 0 Å². The first kappa shape index (κ1) is 18.8. The van der Waals surface area contributed by atoms with Crippen LogP contribution in [0.1, 0.15) is 28.5 Å². The highest BCUT2D eigenvalue weighted by Crippen LogP contribution is 2.40. The van der Waals surface area contributed by atoms with Crippen molar-refractivity contribution in [2.75, 3.05) is 13.1 Å². The van der Waals surface area contributed by atoms with Gasteiger partial charge in [0.15, 0.2) is 0 Å². The molecule has 0 amide bonds. The Morgan fingerprint density at radius 1 is 0.633 bits per heavy atom. The quantitative estimate of drug-likeness (QED) is 0.407. The Kier molecular flexibility index (Phi) is 5.41. The summed E-state index contributed by atoms with van der Waals surface area (Å²) in [6.45, 7) is 3.10. The predicted molar refractivity (Wildman–Crippen MR) is 123 cm³/mol. The minimum atomic E-state index is 0.494. The van der Waals surface area contributed by atoms with E-state index in [-0.39, 0.29) is 0 Å². The molecule has 0 aliphatic carbocycles. The summed E-state index contributed by atoms with van der Waals surface area (Å²) in [5.41, 5.74) is 6.69. The van der Waals surface area contributed by atoms with E-state index >= 15 is 0 Å². The van der Waals surface area contributed by atoms with Gasteiger partial charge in [-0.1, -0.05) is 91.0 Å². The van der Waals surface area contributed by atoms with E-state index in [1.54, 1.807) is 0 Å². The summed E-state index contributed by atoms with van der Waals surface area (Å²) < 4.78 is 0. The third kappa shape index (κ3) is 4.05. The van der Waals surface area contributed by atoms with Gasteiger partial charge in [0.25, 0.3) is 0 Å². The van der Waals surface area contributed by atoms with Crippen LogP contribution in [0, 0.1) is 0 Å². The fourth-order valence-electron chi connectivity index (χ4n) is 4.69. The van der Waals surface area contributed by atoms with Crippen molar-refractivity contribution in [1.29, 1.82) is 0 Å². The second-order valence-corrected chi connectivity index (χ2v) is 8.17. The molecule has 1 aliphatic rings. The number of benzene rings is 3. The molecule has 1 aromatic heterocycles. The summed E-state index contributed by atoms with van der Waals surface area (Å²) in [6, 6.07) is 35.0. The van der Waals surface area contributed by atoms with Crippen LogP contribution in [-0.2, 0) is 6.54 Å². The highest BCUT2D eigenvalue weighted by Gasteiger charge is 2.34. The SMILES string of the molecule is c1ccc(-c2ccc([C@@H]3CN(Cc4cccnc4)C[C@H]3c3ccccc3)cc2)cc1. The van der Waals surface area contributed by atoms with E-state index in [1.807, 2.05) is 18.5 Å². The zero-order valence-electron chi connectivity index (χ0n) is 17.1. The van der Waals surface area contributed by atoms with Crippen LogP contribution in [0.2, 0.25) is 0 Å². The first-order valence-corrected chi connectivity index (χ1v) is 10.7. The molecule has 148 valence electrons. The molecule has 2 heteroatoms. The summed E-state index contributed by atoms with van der Waals surface area (Å²) in [5.74, 6) is 0.999. The van der Waals surface area contributed by atoms with Gasteiger partial charge in [-0.15, -0.1) is 0 Å². The summed E-state index contributed by atoms with van der Waals surface area (Å²) in [7, 11) is 0. The van der Waals surface area contributed by atoms with Crippen molar-refractivity contribution in [2.24, 2.45) is 0 Å². The largest absolute Gasteiger partial charge is 0.298 e. The van der Waals surface area contributed by atoms with Gasteiger partial charge in [-0.3, -0.25) is 9.88 Å². The highest BCUT2D eigenvalue weighted by molar-refractivity contribution is 5.63. The van der Waals surface area contributed by atoms with Crippen LogP contribution < -0.4 is 0 Å². The van der Waals surface area contributed by atoms with Crippen LogP contribution in [0.4, 0.5) is 0 Å². The van der Waals surface area contributed by atoms with Gasteiger partial charge >= 0.3 is 0 Å². The topological polar surface area (TPSA) is 16.1 Å². The zero-order valence-corrected chi connectivity index (χ0v) is 17.1. The van der Waals surface area contributed by atoms with Crippen LogP contribution in [0.3, 0.4) is 0 Å². The molecule has 1 aliphatic heterocycles. The van der Waals surface area contributed by atoms with Gasteiger partial charge in [-0.25, -0.2) is 0 Å². The van der Waals surface area contributed by atoms with Gasteiger partial charge in [0.1, 0.15) is 0 Å². The molecule has 3 aromatic carbocycles. The predicted octanol–water partition coefficient (Wildman–Crippen LogP) is 6.13. The third-order valence-corrected chi connectivity index (χ3v) is 6.20. The standard InChI is InChI=1S/C28H26N2/c1-3-9-23(10-4-1)24-13-15-26(16-14-24)28-21-30(19-22-8-7-17-29-18-22)20-27(28)25-11-5-2-6-12-25/h1-18,27-28H,19-21H2/t27-,28-/m0/s1. The lowest BCUT2D eigenvalue weighted by atomic mass is 9.84. The molecule has 0 N–H and O–H groups in total. The van der Waals surface area contributed by atoms with E-state index in [1.165, 1.54) is 27.8 Å². The van der Waals surface area contributed by atoms with Crippen LogP contribution in [0.15, 0.2) is 109 Å². The average molecular weight is 391 g/mol. The van der Waals surface area contributed by atoms with Crippen molar-refractivity contribution in [2.45, 2.75) is 18.4 Å². The Balaban J connectivity index is 1.42. The number of nitrogens with zero attached hydrogens (tertiary/aromatic N) is 2. The van der Waals surface area contributed by atoms with Crippen molar-refractivity contribution < 1.29 is 0 Å². The lowest BCUT2D eigenvalue weighted by molar-refractivity contribution is 0.323. The minimum Gasteiger partial charge on any atom is -0.298 e. The molecule has 0 radical (unpaired) electrons. The van der Waals surface area contributed by atoms with E-state index in [4.69, 9.17) is 0 Å². The van der Waals surface area contributed by atoms with E-state index in [2.05, 4.69) is 101 Å². The zero-order chi connectivity index (χ0) is 20.2. The monoisotopic (exact) mass is 390 g/mol. The molecule has 0 unspecified atom stereocenters. The maximum Gasteiger partial charge on any atom is 0.0312 e. The van der Waals surface area contributed by atoms with Gasteiger partial charge in [0.2, 0.25) is 0 Å². The van der Waals surface area contributed by atoms with E-state index in [9.17, 15) is 0 Å². The molecule has 0 bridgehead atoms. The fraction of sp³-hybridized carbons (Fsp3) is 0.179. The van der Waals surface area contributed by atoms with Gasteiger partial charge in [0, 0.05) is 43.9 Å². The van der Waals surface area contributed by atoms with Crippen molar-refractivity contribution in [3.05, 3.63) is 126 Å². The van der Waals surface area contributed by atoms with Gasteiger partial charge < -0.3 is 0 Å². The van der Waals surface area contributed by atoms with Crippen LogP contribution in [0.25, 0.3) is 11.1 Å². The number of aromatic nitrogens is 1. The number of rotatable bonds is 5. The number of hydrogen-bond donors (Lipinski definition) is 0. The van der Waals surface area contributed by atoms with Crippen LogP contribution in [-0.4, -0.2) is 23.0 Å². The van der Waals surface area contributed by atoms with Crippen molar-refractivity contribution >= 4 is 0 Å². The molecule has 1 saturated heterocycles. The second-order valence-electron chi connectivity index (χ2n) is 8.17. The summed E-state index contributed by atoms with van der Waals surface area (Å²) in [4.78, 5) is 6.87. The number of hydrogen-bond acceptors (Lipinski definition) is 2. The molecule has 2 atom stereocenters. The lowest BCUT2D eigenvalue weighted by Crippen LogP contribution is -2.20. The maximum atomic E-state index is 4.29. The first-order chi connectivity index (χ1) is 14.9. The highest BCUT2D eigenvalue weighted by atomic mass is 15.2. The van der Waals surface area contributed by atoms with E-state index in [0.29, 0.717) is 11.8 Å². The molecule has 2 nitrogen and oxygen atoms in total. The van der Waals surface area contributed by atoms with Gasteiger partial charge in [-0.05, 0) is 33.9 Å². The third-order valence-electron chi connectivity index (χ3n) is 6.20. The Hall–Kier alpha value is -3.23. The van der Waals surface area contributed by atoms with E-state index in [0.717, 1.165) is 19.6 Å². The maximum absolute atomic E-state index is 4.29. The van der Waals surface area contributed by atoms with Crippen LogP contribution >= 0.6 is 0 Å². The first-order valence-electron chi connectivity index (χ1n) is 10.7. The molecular weight excluding hydrogens is 364 g/mol.